The molecule has 0 saturated heterocycles. The van der Waals surface area contributed by atoms with E-state index in [1.54, 1.807) is 30.3 Å². The van der Waals surface area contributed by atoms with Gasteiger partial charge in [0.15, 0.2) is 0 Å². The van der Waals surface area contributed by atoms with Gasteiger partial charge in [-0.1, -0.05) is 29.3 Å². The second-order valence-electron chi connectivity index (χ2n) is 5.44. The zero-order chi connectivity index (χ0) is 19.4. The summed E-state index contributed by atoms with van der Waals surface area (Å²) in [5, 5.41) is 15.9. The highest BCUT2D eigenvalue weighted by Crippen LogP contribution is 2.28. The van der Waals surface area contributed by atoms with E-state index in [1.807, 2.05) is 5.38 Å². The van der Waals surface area contributed by atoms with Gasteiger partial charge in [0.05, 0.1) is 20.5 Å². The van der Waals surface area contributed by atoms with Crippen molar-refractivity contribution in [3.63, 3.8) is 0 Å². The van der Waals surface area contributed by atoms with Crippen molar-refractivity contribution in [1.82, 2.24) is 0 Å². The van der Waals surface area contributed by atoms with E-state index in [-0.39, 0.29) is 16.6 Å². The zero-order valence-electron chi connectivity index (χ0n) is 13.6. The topological polar surface area (TPSA) is 81.5 Å². The normalized spacial score (nSPS) is 10.4. The summed E-state index contributed by atoms with van der Waals surface area (Å²) in [5.74, 6) is 0.280. The van der Waals surface area contributed by atoms with E-state index >= 15 is 0 Å². The molecule has 1 aromatic heterocycles. The first-order valence-corrected chi connectivity index (χ1v) is 9.27. The Morgan fingerprint density at radius 2 is 2.00 bits per heavy atom. The molecule has 0 fully saturated rings. The van der Waals surface area contributed by atoms with Crippen LogP contribution in [0.1, 0.15) is 15.2 Å². The average molecular weight is 423 g/mol. The summed E-state index contributed by atoms with van der Waals surface area (Å²) in [5.41, 5.74) is 0.992. The summed E-state index contributed by atoms with van der Waals surface area (Å²) in [6.07, 6.45) is 0. The number of anilines is 1. The predicted molar refractivity (Wildman–Crippen MR) is 106 cm³/mol. The van der Waals surface area contributed by atoms with Gasteiger partial charge in [-0.2, -0.15) is 0 Å². The highest BCUT2D eigenvalue weighted by molar-refractivity contribution is 7.12. The number of carbonyl (C=O) groups is 1. The summed E-state index contributed by atoms with van der Waals surface area (Å²) in [7, 11) is 0. The Morgan fingerprint density at radius 3 is 2.70 bits per heavy atom. The van der Waals surface area contributed by atoms with Gasteiger partial charge in [0.1, 0.15) is 12.4 Å². The van der Waals surface area contributed by atoms with E-state index in [0.717, 1.165) is 5.56 Å². The Hall–Kier alpha value is -2.61. The SMILES string of the molecule is O=C(Nc1ccc([N+](=O)[O-])cc1Cl)c1cc(COc2cccc(Cl)c2)cs1. The first-order valence-electron chi connectivity index (χ1n) is 7.63. The smallest absolute Gasteiger partial charge is 0.271 e. The lowest BCUT2D eigenvalue weighted by Crippen LogP contribution is -2.10. The van der Waals surface area contributed by atoms with Gasteiger partial charge in [-0.25, -0.2) is 0 Å². The van der Waals surface area contributed by atoms with Gasteiger partial charge in [0.2, 0.25) is 0 Å². The van der Waals surface area contributed by atoms with Crippen LogP contribution < -0.4 is 10.1 Å². The van der Waals surface area contributed by atoms with Crippen LogP contribution in [-0.4, -0.2) is 10.8 Å². The van der Waals surface area contributed by atoms with Crippen molar-refractivity contribution in [3.05, 3.63) is 84.5 Å². The van der Waals surface area contributed by atoms with Crippen LogP contribution in [0.2, 0.25) is 10.0 Å². The lowest BCUT2D eigenvalue weighted by atomic mass is 10.2. The molecule has 0 unspecified atom stereocenters. The van der Waals surface area contributed by atoms with Crippen LogP contribution in [-0.2, 0) is 6.61 Å². The molecular formula is C18H12Cl2N2O4S. The van der Waals surface area contributed by atoms with Gasteiger partial charge < -0.3 is 10.1 Å². The van der Waals surface area contributed by atoms with Crippen LogP contribution in [0.4, 0.5) is 11.4 Å². The molecule has 0 aliphatic heterocycles. The number of rotatable bonds is 6. The minimum absolute atomic E-state index is 0.0959. The average Bonchev–Trinajstić information content (AvgIpc) is 3.11. The number of halogens is 2. The van der Waals surface area contributed by atoms with Crippen LogP contribution in [0, 0.1) is 10.1 Å². The third-order valence-corrected chi connectivity index (χ3v) is 5.02. The Balaban J connectivity index is 1.64. The van der Waals surface area contributed by atoms with Gasteiger partial charge >= 0.3 is 0 Å². The molecule has 2 aromatic carbocycles. The number of benzene rings is 2. The summed E-state index contributed by atoms with van der Waals surface area (Å²) in [6, 6.07) is 12.6. The quantitative estimate of drug-likeness (QED) is 0.402. The molecule has 0 radical (unpaired) electrons. The standard InChI is InChI=1S/C18H12Cl2N2O4S/c19-12-2-1-3-14(7-12)26-9-11-6-17(27-10-11)18(23)21-16-5-4-13(22(24)25)8-15(16)20/h1-8,10H,9H2,(H,21,23). The molecular weight excluding hydrogens is 411 g/mol. The molecule has 0 spiro atoms. The molecule has 3 rings (SSSR count). The highest BCUT2D eigenvalue weighted by Gasteiger charge is 2.14. The number of hydrogen-bond donors (Lipinski definition) is 1. The maximum Gasteiger partial charge on any atom is 0.271 e. The van der Waals surface area contributed by atoms with Crippen molar-refractivity contribution in [2.75, 3.05) is 5.32 Å². The van der Waals surface area contributed by atoms with Gasteiger partial charge in [-0.05, 0) is 35.7 Å². The van der Waals surface area contributed by atoms with E-state index in [1.165, 1.54) is 29.5 Å². The number of nitrogens with zero attached hydrogens (tertiary/aromatic N) is 1. The molecule has 0 bridgehead atoms. The van der Waals surface area contributed by atoms with E-state index in [9.17, 15) is 14.9 Å². The summed E-state index contributed by atoms with van der Waals surface area (Å²) >= 11 is 13.2. The van der Waals surface area contributed by atoms with Crippen LogP contribution in [0.3, 0.4) is 0 Å². The first-order chi connectivity index (χ1) is 12.9. The molecule has 0 aliphatic carbocycles. The van der Waals surface area contributed by atoms with E-state index in [4.69, 9.17) is 27.9 Å². The summed E-state index contributed by atoms with van der Waals surface area (Å²) in [6.45, 7) is 0.294. The molecule has 1 heterocycles. The number of carbonyl (C=O) groups excluding carboxylic acids is 1. The van der Waals surface area contributed by atoms with Crippen molar-refractivity contribution in [1.29, 1.82) is 0 Å². The van der Waals surface area contributed by atoms with Crippen molar-refractivity contribution in [2.24, 2.45) is 0 Å². The number of hydrogen-bond acceptors (Lipinski definition) is 5. The number of ether oxygens (including phenoxy) is 1. The maximum absolute atomic E-state index is 12.4. The number of nitro benzene ring substituents is 1. The fourth-order valence-corrected chi connectivity index (χ4v) is 3.39. The molecule has 0 aliphatic rings. The highest BCUT2D eigenvalue weighted by atomic mass is 35.5. The third kappa shape index (κ3) is 4.97. The summed E-state index contributed by atoms with van der Waals surface area (Å²) in [4.78, 5) is 23.0. The molecule has 0 saturated carbocycles. The van der Waals surface area contributed by atoms with Crippen molar-refractivity contribution in [3.8, 4) is 5.75 Å². The van der Waals surface area contributed by atoms with Gasteiger partial charge in [-0.15, -0.1) is 11.3 Å². The molecule has 6 nitrogen and oxygen atoms in total. The second-order valence-corrected chi connectivity index (χ2v) is 7.20. The fraction of sp³-hybridized carbons (Fsp3) is 0.0556. The molecule has 1 N–H and O–H groups in total. The fourth-order valence-electron chi connectivity index (χ4n) is 2.20. The number of nitrogens with one attached hydrogen (secondary N) is 1. The predicted octanol–water partition coefficient (Wildman–Crippen LogP) is 5.79. The molecule has 3 aromatic rings. The Kier molecular flexibility index (Phi) is 5.95. The molecule has 138 valence electrons. The van der Waals surface area contributed by atoms with E-state index < -0.39 is 4.92 Å². The minimum Gasteiger partial charge on any atom is -0.489 e. The second kappa shape index (κ2) is 8.39. The van der Waals surface area contributed by atoms with Gasteiger partial charge in [0.25, 0.3) is 11.6 Å². The van der Waals surface area contributed by atoms with Crippen molar-refractivity contribution >= 4 is 51.8 Å². The van der Waals surface area contributed by atoms with E-state index in [0.29, 0.717) is 27.9 Å². The largest absolute Gasteiger partial charge is 0.489 e. The Labute approximate surface area is 168 Å². The lowest BCUT2D eigenvalue weighted by molar-refractivity contribution is -0.384. The Bertz CT molecular complexity index is 1010. The summed E-state index contributed by atoms with van der Waals surface area (Å²) < 4.78 is 5.64. The molecule has 27 heavy (non-hydrogen) atoms. The van der Waals surface area contributed by atoms with Gasteiger partial charge in [-0.3, -0.25) is 14.9 Å². The monoisotopic (exact) mass is 422 g/mol. The van der Waals surface area contributed by atoms with Crippen molar-refractivity contribution in [2.45, 2.75) is 6.61 Å². The Morgan fingerprint density at radius 1 is 1.19 bits per heavy atom. The van der Waals surface area contributed by atoms with Crippen LogP contribution >= 0.6 is 34.5 Å². The zero-order valence-corrected chi connectivity index (χ0v) is 16.0. The minimum atomic E-state index is -0.553. The molecule has 9 heteroatoms. The van der Waals surface area contributed by atoms with Crippen LogP contribution in [0.15, 0.2) is 53.9 Å². The van der Waals surface area contributed by atoms with Crippen molar-refractivity contribution < 1.29 is 14.5 Å². The lowest BCUT2D eigenvalue weighted by Gasteiger charge is -2.06. The number of amides is 1. The number of non-ortho nitro benzene ring substituents is 1. The third-order valence-electron chi connectivity index (χ3n) is 3.49. The van der Waals surface area contributed by atoms with Gasteiger partial charge in [0, 0.05) is 22.7 Å². The molecule has 1 amide bonds. The number of nitro groups is 1. The van der Waals surface area contributed by atoms with Crippen LogP contribution in [0.25, 0.3) is 0 Å². The first kappa shape index (κ1) is 19.2. The maximum atomic E-state index is 12.4. The van der Waals surface area contributed by atoms with E-state index in [2.05, 4.69) is 5.32 Å². The van der Waals surface area contributed by atoms with Crippen LogP contribution in [0.5, 0.6) is 5.75 Å². The molecule has 0 atom stereocenters. The number of thiophene rings is 1.